The van der Waals surface area contributed by atoms with Gasteiger partial charge in [-0.3, -0.25) is 9.78 Å². The van der Waals surface area contributed by atoms with Crippen LogP contribution in [0, 0.1) is 6.92 Å². The zero-order chi connectivity index (χ0) is 24.8. The first-order valence-corrected chi connectivity index (χ1v) is 10.8. The van der Waals surface area contributed by atoms with E-state index in [1.54, 1.807) is 55.0 Å². The average Bonchev–Trinajstić information content (AvgIpc) is 2.87. The van der Waals surface area contributed by atoms with Crippen molar-refractivity contribution in [1.82, 2.24) is 20.3 Å². The molecule has 0 fully saturated rings. The number of phenols is 1. The van der Waals surface area contributed by atoms with Gasteiger partial charge >= 0.3 is 5.97 Å². The van der Waals surface area contributed by atoms with Crippen molar-refractivity contribution in [2.24, 2.45) is 0 Å². The number of nitrogens with zero attached hydrogens (tertiary/aromatic N) is 3. The highest BCUT2D eigenvalue weighted by molar-refractivity contribution is 5.97. The number of nitrogens with one attached hydrogen (secondary N) is 2. The Labute approximate surface area is 201 Å². The number of carboxylic acids is 1. The molecule has 9 nitrogen and oxygen atoms in total. The van der Waals surface area contributed by atoms with Gasteiger partial charge in [0.1, 0.15) is 11.8 Å². The van der Waals surface area contributed by atoms with Crippen molar-refractivity contribution in [2.45, 2.75) is 19.4 Å². The number of aromatic nitrogens is 3. The summed E-state index contributed by atoms with van der Waals surface area (Å²) in [7, 11) is 0. The summed E-state index contributed by atoms with van der Waals surface area (Å²) in [6.45, 7) is 1.87. The van der Waals surface area contributed by atoms with Crippen molar-refractivity contribution in [3.8, 4) is 17.0 Å². The van der Waals surface area contributed by atoms with Crippen LogP contribution in [0.25, 0.3) is 11.3 Å². The minimum absolute atomic E-state index is 0.0767. The average molecular weight is 470 g/mol. The van der Waals surface area contributed by atoms with Crippen molar-refractivity contribution < 1.29 is 19.8 Å². The molecule has 4 rings (SSSR count). The maximum absolute atomic E-state index is 12.9. The molecule has 0 bridgehead atoms. The molecule has 2 heterocycles. The maximum atomic E-state index is 12.9. The highest BCUT2D eigenvalue weighted by Crippen LogP contribution is 2.22. The predicted octanol–water partition coefficient (Wildman–Crippen LogP) is 3.72. The fourth-order valence-corrected chi connectivity index (χ4v) is 3.42. The molecular formula is C26H23N5O4. The van der Waals surface area contributed by atoms with Gasteiger partial charge < -0.3 is 20.8 Å². The van der Waals surface area contributed by atoms with Gasteiger partial charge in [0.05, 0.1) is 5.69 Å². The van der Waals surface area contributed by atoms with Gasteiger partial charge in [-0.05, 0) is 60.5 Å². The standard InChI is InChI=1S/C26H23N5O4/c1-16-4-7-18(24(33)29-23(25(34)35)13-17-5-8-20(32)9-6-17)14-22(16)31-26-28-12-10-21(30-26)19-3-2-11-27-15-19/h2-12,14-15,23,32H,13H2,1H3,(H,29,33)(H,34,35)(H,28,30,31). The van der Waals surface area contributed by atoms with Gasteiger partial charge in [-0.15, -0.1) is 0 Å². The van der Waals surface area contributed by atoms with Gasteiger partial charge in [0.15, 0.2) is 0 Å². The van der Waals surface area contributed by atoms with Crippen LogP contribution in [0.4, 0.5) is 11.6 Å². The van der Waals surface area contributed by atoms with Crippen LogP contribution in [-0.4, -0.2) is 43.1 Å². The highest BCUT2D eigenvalue weighted by atomic mass is 16.4. The molecule has 0 aliphatic heterocycles. The van der Waals surface area contributed by atoms with Crippen LogP contribution in [0.2, 0.25) is 0 Å². The quantitative estimate of drug-likeness (QED) is 0.306. The van der Waals surface area contributed by atoms with Gasteiger partial charge in [-0.25, -0.2) is 14.8 Å². The second kappa shape index (κ2) is 10.4. The molecule has 0 aliphatic rings. The number of hydrogen-bond donors (Lipinski definition) is 4. The third-order valence-electron chi connectivity index (χ3n) is 5.34. The lowest BCUT2D eigenvalue weighted by Gasteiger charge is -2.16. The molecule has 4 aromatic rings. The topological polar surface area (TPSA) is 137 Å². The number of carbonyl (C=O) groups excluding carboxylic acids is 1. The highest BCUT2D eigenvalue weighted by Gasteiger charge is 2.21. The molecule has 9 heteroatoms. The number of aliphatic carboxylic acids is 1. The van der Waals surface area contributed by atoms with Crippen LogP contribution in [0.5, 0.6) is 5.75 Å². The number of benzene rings is 2. The number of pyridine rings is 1. The number of carbonyl (C=O) groups is 2. The molecular weight excluding hydrogens is 446 g/mol. The molecule has 0 spiro atoms. The van der Waals surface area contributed by atoms with Crippen molar-refractivity contribution in [3.63, 3.8) is 0 Å². The zero-order valence-corrected chi connectivity index (χ0v) is 18.8. The lowest BCUT2D eigenvalue weighted by Crippen LogP contribution is -2.42. The molecule has 1 unspecified atom stereocenters. The number of carboxylic acid groups (broad SMARTS) is 1. The summed E-state index contributed by atoms with van der Waals surface area (Å²) in [5.74, 6) is -1.25. The molecule has 1 amide bonds. The first-order valence-electron chi connectivity index (χ1n) is 10.8. The predicted molar refractivity (Wildman–Crippen MR) is 130 cm³/mol. The van der Waals surface area contributed by atoms with Gasteiger partial charge in [-0.2, -0.15) is 0 Å². The molecule has 2 aromatic carbocycles. The number of aryl methyl sites for hydroxylation is 1. The Bertz CT molecular complexity index is 1340. The minimum atomic E-state index is -1.16. The van der Waals surface area contributed by atoms with E-state index in [2.05, 4.69) is 25.6 Å². The van der Waals surface area contributed by atoms with Crippen molar-refractivity contribution in [2.75, 3.05) is 5.32 Å². The smallest absolute Gasteiger partial charge is 0.326 e. The second-order valence-corrected chi connectivity index (χ2v) is 7.90. The molecule has 35 heavy (non-hydrogen) atoms. The summed E-state index contributed by atoms with van der Waals surface area (Å²) in [4.78, 5) is 37.5. The molecule has 1 atom stereocenters. The summed E-state index contributed by atoms with van der Waals surface area (Å²) in [5.41, 5.74) is 3.98. The Hall–Kier alpha value is -4.79. The van der Waals surface area contributed by atoms with Crippen LogP contribution in [0.3, 0.4) is 0 Å². The normalized spacial score (nSPS) is 11.5. The summed E-state index contributed by atoms with van der Waals surface area (Å²) < 4.78 is 0. The van der Waals surface area contributed by atoms with Gasteiger partial charge in [0, 0.05) is 41.8 Å². The van der Waals surface area contributed by atoms with Crippen LogP contribution >= 0.6 is 0 Å². The Balaban J connectivity index is 1.51. The van der Waals surface area contributed by atoms with Crippen LogP contribution in [0.1, 0.15) is 21.5 Å². The van der Waals surface area contributed by atoms with Gasteiger partial charge in [-0.1, -0.05) is 18.2 Å². The molecule has 0 saturated carbocycles. The van der Waals surface area contributed by atoms with E-state index in [0.717, 1.165) is 11.1 Å². The molecule has 0 aliphatic carbocycles. The van der Waals surface area contributed by atoms with Crippen LogP contribution in [0.15, 0.2) is 79.3 Å². The van der Waals surface area contributed by atoms with E-state index < -0.39 is 17.9 Å². The molecule has 4 N–H and O–H groups in total. The summed E-state index contributed by atoms with van der Waals surface area (Å²) in [6.07, 6.45) is 5.10. The van der Waals surface area contributed by atoms with Gasteiger partial charge in [0.2, 0.25) is 5.95 Å². The third-order valence-corrected chi connectivity index (χ3v) is 5.34. The monoisotopic (exact) mass is 469 g/mol. The molecule has 0 saturated heterocycles. The van der Waals surface area contributed by atoms with E-state index >= 15 is 0 Å². The Morgan fingerprint density at radius 2 is 1.83 bits per heavy atom. The minimum Gasteiger partial charge on any atom is -0.508 e. The number of anilines is 2. The van der Waals surface area contributed by atoms with Crippen molar-refractivity contribution >= 4 is 23.5 Å². The molecule has 0 radical (unpaired) electrons. The Kier molecular flexibility index (Phi) is 6.96. The number of rotatable bonds is 8. The van der Waals surface area contributed by atoms with Crippen LogP contribution < -0.4 is 10.6 Å². The van der Waals surface area contributed by atoms with E-state index in [1.165, 1.54) is 12.1 Å². The van der Waals surface area contributed by atoms with E-state index in [4.69, 9.17) is 0 Å². The SMILES string of the molecule is Cc1ccc(C(=O)NC(Cc2ccc(O)cc2)C(=O)O)cc1Nc1nccc(-c2cccnc2)n1. The molecule has 176 valence electrons. The maximum Gasteiger partial charge on any atom is 0.326 e. The van der Waals surface area contributed by atoms with E-state index in [0.29, 0.717) is 28.5 Å². The van der Waals surface area contributed by atoms with Crippen molar-refractivity contribution in [3.05, 3.63) is 95.9 Å². The number of aromatic hydroxyl groups is 1. The number of hydrogen-bond acceptors (Lipinski definition) is 7. The second-order valence-electron chi connectivity index (χ2n) is 7.90. The fraction of sp³-hybridized carbons (Fsp3) is 0.115. The van der Waals surface area contributed by atoms with E-state index in [9.17, 15) is 19.8 Å². The summed E-state index contributed by atoms with van der Waals surface area (Å²) in [5, 5.41) is 24.7. The Morgan fingerprint density at radius 3 is 2.54 bits per heavy atom. The lowest BCUT2D eigenvalue weighted by atomic mass is 10.0. The third kappa shape index (κ3) is 5.97. The fourth-order valence-electron chi connectivity index (χ4n) is 3.42. The zero-order valence-electron chi connectivity index (χ0n) is 18.8. The van der Waals surface area contributed by atoms with Gasteiger partial charge in [0.25, 0.3) is 5.91 Å². The first kappa shape index (κ1) is 23.4. The lowest BCUT2D eigenvalue weighted by molar-refractivity contribution is -0.139. The molecule has 2 aromatic heterocycles. The van der Waals surface area contributed by atoms with Crippen molar-refractivity contribution in [1.29, 1.82) is 0 Å². The van der Waals surface area contributed by atoms with E-state index in [-0.39, 0.29) is 12.2 Å². The number of phenolic OH excluding ortho intramolecular Hbond substituents is 1. The largest absolute Gasteiger partial charge is 0.508 e. The first-order chi connectivity index (χ1) is 16.9. The summed E-state index contributed by atoms with van der Waals surface area (Å²) >= 11 is 0. The number of amides is 1. The Morgan fingerprint density at radius 1 is 1.03 bits per heavy atom. The summed E-state index contributed by atoms with van der Waals surface area (Å²) in [6, 6.07) is 15.6. The van der Waals surface area contributed by atoms with Crippen LogP contribution in [-0.2, 0) is 11.2 Å². The van der Waals surface area contributed by atoms with E-state index in [1.807, 2.05) is 19.1 Å².